The molecule has 0 saturated carbocycles. The van der Waals surface area contributed by atoms with E-state index in [9.17, 15) is 17.6 Å². The van der Waals surface area contributed by atoms with Crippen molar-refractivity contribution in [3.05, 3.63) is 71.7 Å². The van der Waals surface area contributed by atoms with Crippen LogP contribution in [-0.4, -0.2) is 73.2 Å². The van der Waals surface area contributed by atoms with Gasteiger partial charge < -0.3 is 15.2 Å². The molecule has 13 heteroatoms. The molecule has 3 aromatic heterocycles. The standard InChI is InChI=1S/C27H27F2N7O3S/c1-3-35(2)40(38,39)34-21-6-5-20(28)23(24(21)29)25(37)19-11-33-26-18(19)8-17(10-32-26)16-4-7-22(31-9-16)36-14-27(15-36)12-30-13-27/h4-11,30,34H,3,12-15H2,1-2H3,(H,32,33). The number of ketones is 1. The van der Waals surface area contributed by atoms with Crippen LogP contribution in [0, 0.1) is 17.0 Å². The fourth-order valence-corrected chi connectivity index (χ4v) is 6.01. The molecule has 40 heavy (non-hydrogen) atoms. The molecule has 2 aliphatic rings. The van der Waals surface area contributed by atoms with E-state index in [4.69, 9.17) is 0 Å². The topological polar surface area (TPSA) is 123 Å². The van der Waals surface area contributed by atoms with E-state index in [0.29, 0.717) is 22.0 Å². The van der Waals surface area contributed by atoms with Crippen LogP contribution in [0.4, 0.5) is 20.3 Å². The van der Waals surface area contributed by atoms with Gasteiger partial charge in [-0.15, -0.1) is 0 Å². The maximum Gasteiger partial charge on any atom is 0.301 e. The number of fused-ring (bicyclic) bond motifs is 1. The molecule has 2 aliphatic heterocycles. The Morgan fingerprint density at radius 1 is 1.12 bits per heavy atom. The molecule has 1 spiro atoms. The van der Waals surface area contributed by atoms with E-state index in [-0.39, 0.29) is 12.1 Å². The molecular weight excluding hydrogens is 540 g/mol. The molecule has 2 saturated heterocycles. The van der Waals surface area contributed by atoms with E-state index in [0.717, 1.165) is 54.0 Å². The van der Waals surface area contributed by atoms with Gasteiger partial charge in [0.25, 0.3) is 0 Å². The number of carbonyl (C=O) groups excluding carboxylic acids is 1. The summed E-state index contributed by atoms with van der Waals surface area (Å²) in [6.07, 6.45) is 4.70. The number of halogens is 2. The Kier molecular flexibility index (Phi) is 6.32. The first kappa shape index (κ1) is 26.3. The second-order valence-electron chi connectivity index (χ2n) is 10.3. The SMILES string of the molecule is CCN(C)S(=O)(=O)Nc1ccc(F)c(C(=O)c2c[nH]c3ncc(-c4ccc(N5CC6(CNC6)C5)nc4)cc23)c1F. The summed E-state index contributed by atoms with van der Waals surface area (Å²) in [6, 6.07) is 7.37. The zero-order valence-electron chi connectivity index (χ0n) is 21.8. The highest BCUT2D eigenvalue weighted by atomic mass is 32.2. The summed E-state index contributed by atoms with van der Waals surface area (Å²) >= 11 is 0. The highest BCUT2D eigenvalue weighted by Gasteiger charge is 2.47. The Labute approximate surface area is 229 Å². The summed E-state index contributed by atoms with van der Waals surface area (Å²) in [5, 5.41) is 3.68. The van der Waals surface area contributed by atoms with Crippen molar-refractivity contribution in [1.82, 2.24) is 24.6 Å². The van der Waals surface area contributed by atoms with E-state index < -0.39 is 38.9 Å². The molecular formula is C27H27F2N7O3S. The van der Waals surface area contributed by atoms with Gasteiger partial charge in [0.15, 0.2) is 5.82 Å². The molecule has 208 valence electrons. The van der Waals surface area contributed by atoms with Gasteiger partial charge in [-0.3, -0.25) is 9.52 Å². The van der Waals surface area contributed by atoms with Crippen LogP contribution in [0.1, 0.15) is 22.8 Å². The van der Waals surface area contributed by atoms with Crippen LogP contribution < -0.4 is 14.9 Å². The fourth-order valence-electron chi connectivity index (χ4n) is 5.08. The predicted molar refractivity (Wildman–Crippen MR) is 147 cm³/mol. The Bertz CT molecular complexity index is 1730. The number of benzene rings is 1. The zero-order chi connectivity index (χ0) is 28.2. The summed E-state index contributed by atoms with van der Waals surface area (Å²) in [4.78, 5) is 27.5. The zero-order valence-corrected chi connectivity index (χ0v) is 22.6. The van der Waals surface area contributed by atoms with E-state index in [2.05, 4.69) is 29.9 Å². The minimum absolute atomic E-state index is 0.00241. The van der Waals surface area contributed by atoms with Gasteiger partial charge >= 0.3 is 10.2 Å². The number of nitrogens with one attached hydrogen (secondary N) is 3. The summed E-state index contributed by atoms with van der Waals surface area (Å²) in [5.74, 6) is -2.48. The van der Waals surface area contributed by atoms with Crippen molar-refractivity contribution < 1.29 is 22.0 Å². The molecule has 2 fully saturated rings. The van der Waals surface area contributed by atoms with Crippen LogP contribution in [0.2, 0.25) is 0 Å². The third kappa shape index (κ3) is 4.39. The van der Waals surface area contributed by atoms with Crippen LogP contribution in [0.3, 0.4) is 0 Å². The summed E-state index contributed by atoms with van der Waals surface area (Å²) in [7, 11) is -2.79. The average molecular weight is 568 g/mol. The first-order valence-electron chi connectivity index (χ1n) is 12.8. The first-order chi connectivity index (χ1) is 19.1. The molecule has 6 rings (SSSR count). The molecule has 0 amide bonds. The van der Waals surface area contributed by atoms with Crippen molar-refractivity contribution in [2.45, 2.75) is 6.92 Å². The van der Waals surface area contributed by atoms with Crippen molar-refractivity contribution in [1.29, 1.82) is 0 Å². The van der Waals surface area contributed by atoms with Crippen LogP contribution >= 0.6 is 0 Å². The molecule has 0 unspecified atom stereocenters. The number of hydrogen-bond donors (Lipinski definition) is 3. The number of pyridine rings is 2. The average Bonchev–Trinajstić information content (AvgIpc) is 3.32. The maximum atomic E-state index is 15.4. The van der Waals surface area contributed by atoms with Gasteiger partial charge in [-0.2, -0.15) is 12.7 Å². The monoisotopic (exact) mass is 567 g/mol. The molecule has 0 radical (unpaired) electrons. The molecule has 4 aromatic rings. The highest BCUT2D eigenvalue weighted by Crippen LogP contribution is 2.37. The largest absolute Gasteiger partial charge is 0.355 e. The summed E-state index contributed by atoms with van der Waals surface area (Å²) < 4.78 is 58.0. The van der Waals surface area contributed by atoms with E-state index >= 15 is 4.39 Å². The van der Waals surface area contributed by atoms with Gasteiger partial charge in [-0.1, -0.05) is 6.92 Å². The summed E-state index contributed by atoms with van der Waals surface area (Å²) in [6.45, 7) is 5.75. The van der Waals surface area contributed by atoms with Crippen LogP contribution in [-0.2, 0) is 10.2 Å². The number of carbonyl (C=O) groups is 1. The summed E-state index contributed by atoms with van der Waals surface area (Å²) in [5.41, 5.74) is 0.778. The van der Waals surface area contributed by atoms with E-state index in [1.165, 1.54) is 13.2 Å². The van der Waals surface area contributed by atoms with Gasteiger partial charge in [-0.25, -0.2) is 18.7 Å². The van der Waals surface area contributed by atoms with Gasteiger partial charge in [-0.05, 0) is 30.3 Å². The normalized spacial score (nSPS) is 16.3. The van der Waals surface area contributed by atoms with Crippen molar-refractivity contribution in [3.63, 3.8) is 0 Å². The number of aromatic nitrogens is 3. The van der Waals surface area contributed by atoms with Crippen molar-refractivity contribution in [2.24, 2.45) is 5.41 Å². The Morgan fingerprint density at radius 3 is 2.52 bits per heavy atom. The van der Waals surface area contributed by atoms with Crippen LogP contribution in [0.25, 0.3) is 22.2 Å². The minimum atomic E-state index is -4.10. The smallest absolute Gasteiger partial charge is 0.301 e. The molecule has 3 N–H and O–H groups in total. The van der Waals surface area contributed by atoms with Crippen molar-refractivity contribution in [2.75, 3.05) is 49.4 Å². The minimum Gasteiger partial charge on any atom is -0.355 e. The van der Waals surface area contributed by atoms with Crippen molar-refractivity contribution >= 4 is 38.5 Å². The lowest BCUT2D eigenvalue weighted by atomic mass is 9.74. The molecule has 5 heterocycles. The second-order valence-corrected chi connectivity index (χ2v) is 12.1. The van der Waals surface area contributed by atoms with Crippen LogP contribution in [0.15, 0.2) is 48.9 Å². The molecule has 10 nitrogen and oxygen atoms in total. The number of anilines is 2. The molecule has 1 aromatic carbocycles. The van der Waals surface area contributed by atoms with Gasteiger partial charge in [0, 0.05) is 85.9 Å². The van der Waals surface area contributed by atoms with Gasteiger partial charge in [0.2, 0.25) is 5.78 Å². The van der Waals surface area contributed by atoms with E-state index in [1.54, 1.807) is 25.4 Å². The Hall–Kier alpha value is -3.94. The maximum absolute atomic E-state index is 15.4. The van der Waals surface area contributed by atoms with E-state index in [1.807, 2.05) is 12.1 Å². The second kappa shape index (κ2) is 9.61. The molecule has 0 bridgehead atoms. The van der Waals surface area contributed by atoms with Gasteiger partial charge in [0.05, 0.1) is 11.3 Å². The molecule has 0 aliphatic carbocycles. The number of hydrogen-bond acceptors (Lipinski definition) is 7. The number of H-pyrrole nitrogens is 1. The Balaban J connectivity index is 1.29. The number of aromatic amines is 1. The lowest BCUT2D eigenvalue weighted by Crippen LogP contribution is -2.71. The lowest BCUT2D eigenvalue weighted by Gasteiger charge is -2.56. The Morgan fingerprint density at radius 2 is 1.88 bits per heavy atom. The predicted octanol–water partition coefficient (Wildman–Crippen LogP) is 3.15. The third-order valence-electron chi connectivity index (χ3n) is 7.65. The third-order valence-corrected chi connectivity index (χ3v) is 9.20. The number of nitrogens with zero attached hydrogens (tertiary/aromatic N) is 4. The van der Waals surface area contributed by atoms with Crippen LogP contribution in [0.5, 0.6) is 0 Å². The first-order valence-corrected chi connectivity index (χ1v) is 14.2. The fraction of sp³-hybridized carbons (Fsp3) is 0.296. The lowest BCUT2D eigenvalue weighted by molar-refractivity contribution is 0.103. The number of rotatable bonds is 8. The van der Waals surface area contributed by atoms with Gasteiger partial charge in [0.1, 0.15) is 17.3 Å². The quantitative estimate of drug-likeness (QED) is 0.280. The highest BCUT2D eigenvalue weighted by molar-refractivity contribution is 7.90. The van der Waals surface area contributed by atoms with Crippen molar-refractivity contribution in [3.8, 4) is 11.1 Å². The molecule has 0 atom stereocenters.